The van der Waals surface area contributed by atoms with Gasteiger partial charge in [-0.25, -0.2) is 0 Å². The van der Waals surface area contributed by atoms with Crippen LogP contribution in [0.3, 0.4) is 0 Å². The van der Waals surface area contributed by atoms with Crippen molar-refractivity contribution in [1.29, 1.82) is 0 Å². The van der Waals surface area contributed by atoms with Gasteiger partial charge in [0.1, 0.15) is 0 Å². The molecule has 0 unspecified atom stereocenters. The molecule has 0 aliphatic heterocycles. The summed E-state index contributed by atoms with van der Waals surface area (Å²) in [5, 5.41) is 5.22. The summed E-state index contributed by atoms with van der Waals surface area (Å²) in [7, 11) is 0. The van der Waals surface area contributed by atoms with Crippen molar-refractivity contribution >= 4 is 46.6 Å². The second kappa shape index (κ2) is 7.11. The summed E-state index contributed by atoms with van der Waals surface area (Å²) in [5.74, 6) is 0. The van der Waals surface area contributed by atoms with Gasteiger partial charge >= 0.3 is 0 Å². The molecular weight excluding hydrogens is 337 g/mol. The summed E-state index contributed by atoms with van der Waals surface area (Å²) in [6.45, 7) is 0.224. The zero-order valence-electron chi connectivity index (χ0n) is 10.1. The van der Waals surface area contributed by atoms with Crippen LogP contribution >= 0.6 is 46.6 Å². The maximum Gasteiger partial charge on any atom is 0.0563 e. The smallest absolute Gasteiger partial charge is 0.0563 e. The van der Waals surface area contributed by atoms with E-state index in [-0.39, 0.29) is 6.54 Å². The quantitative estimate of drug-likeness (QED) is 0.350. The van der Waals surface area contributed by atoms with Crippen molar-refractivity contribution in [1.82, 2.24) is 0 Å². The van der Waals surface area contributed by atoms with Crippen LogP contribution in [0.4, 0.5) is 0 Å². The number of halogens is 3. The highest BCUT2D eigenvalue weighted by atomic mass is 35.5. The van der Waals surface area contributed by atoms with Crippen LogP contribution < -0.4 is 0 Å². The lowest BCUT2D eigenvalue weighted by molar-refractivity contribution is 1.04. The third-order valence-corrected chi connectivity index (χ3v) is 4.63. The average molecular weight is 345 g/mol. The normalized spacial score (nSPS) is 10.2. The molecule has 0 aromatic heterocycles. The molecule has 0 saturated heterocycles. The van der Waals surface area contributed by atoms with E-state index >= 15 is 0 Å². The fourth-order valence-electron chi connectivity index (χ4n) is 1.53. The van der Waals surface area contributed by atoms with E-state index in [0.717, 1.165) is 15.4 Å². The van der Waals surface area contributed by atoms with Crippen molar-refractivity contribution in [2.24, 2.45) is 5.11 Å². The Labute approximate surface area is 135 Å². The number of nitrogens with zero attached hydrogens (tertiary/aromatic N) is 3. The second-order valence-corrected chi connectivity index (χ2v) is 6.17. The molecule has 0 radical (unpaired) electrons. The Morgan fingerprint density at radius 1 is 1.05 bits per heavy atom. The highest BCUT2D eigenvalue weighted by Crippen LogP contribution is 2.39. The molecule has 0 N–H and O–H groups in total. The van der Waals surface area contributed by atoms with Crippen LogP contribution in [0.5, 0.6) is 0 Å². The standard InChI is InChI=1S/C13H8Cl3N3S/c14-9-1-3-10(4-2-9)20-13-11(15)5-8(6-12(13)16)7-18-19-17/h1-6H,7H2. The van der Waals surface area contributed by atoms with Gasteiger partial charge in [-0.05, 0) is 47.5 Å². The van der Waals surface area contributed by atoms with Crippen LogP contribution in [0.25, 0.3) is 10.4 Å². The van der Waals surface area contributed by atoms with Gasteiger partial charge in [-0.15, -0.1) is 0 Å². The Hall–Kier alpha value is -1.03. The van der Waals surface area contributed by atoms with E-state index in [1.807, 2.05) is 24.3 Å². The molecule has 2 aromatic carbocycles. The minimum atomic E-state index is 0.224. The molecule has 20 heavy (non-hydrogen) atoms. The topological polar surface area (TPSA) is 48.8 Å². The van der Waals surface area contributed by atoms with E-state index in [2.05, 4.69) is 10.0 Å². The van der Waals surface area contributed by atoms with E-state index in [0.29, 0.717) is 15.1 Å². The maximum atomic E-state index is 8.32. The molecular formula is C13H8Cl3N3S. The van der Waals surface area contributed by atoms with Gasteiger partial charge < -0.3 is 0 Å². The molecule has 0 spiro atoms. The van der Waals surface area contributed by atoms with Gasteiger partial charge in [0.2, 0.25) is 0 Å². The number of rotatable bonds is 4. The average Bonchev–Trinajstić information content (AvgIpc) is 2.42. The van der Waals surface area contributed by atoms with E-state index in [4.69, 9.17) is 40.3 Å². The van der Waals surface area contributed by atoms with E-state index < -0.39 is 0 Å². The maximum absolute atomic E-state index is 8.32. The van der Waals surface area contributed by atoms with Crippen LogP contribution in [0.2, 0.25) is 15.1 Å². The zero-order chi connectivity index (χ0) is 14.5. The first kappa shape index (κ1) is 15.4. The lowest BCUT2D eigenvalue weighted by atomic mass is 10.2. The van der Waals surface area contributed by atoms with Crippen LogP contribution in [-0.2, 0) is 6.54 Å². The van der Waals surface area contributed by atoms with Crippen molar-refractivity contribution in [3.8, 4) is 0 Å². The largest absolute Gasteiger partial charge is 0.0893 e. The first-order chi connectivity index (χ1) is 9.60. The third kappa shape index (κ3) is 3.98. The van der Waals surface area contributed by atoms with E-state index in [1.165, 1.54) is 11.8 Å². The fraction of sp³-hybridized carbons (Fsp3) is 0.0769. The van der Waals surface area contributed by atoms with Crippen molar-refractivity contribution in [3.63, 3.8) is 0 Å². The predicted octanol–water partition coefficient (Wildman–Crippen LogP) is 6.61. The molecule has 2 aromatic rings. The van der Waals surface area contributed by atoms with E-state index in [1.54, 1.807) is 12.1 Å². The molecule has 0 heterocycles. The Morgan fingerprint density at radius 3 is 2.20 bits per heavy atom. The van der Waals surface area contributed by atoms with Crippen molar-refractivity contribution < 1.29 is 0 Å². The molecule has 3 nitrogen and oxygen atoms in total. The monoisotopic (exact) mass is 343 g/mol. The van der Waals surface area contributed by atoms with Gasteiger partial charge in [-0.3, -0.25) is 0 Å². The van der Waals surface area contributed by atoms with Crippen LogP contribution in [-0.4, -0.2) is 0 Å². The van der Waals surface area contributed by atoms with Gasteiger partial charge in [0, 0.05) is 19.7 Å². The minimum Gasteiger partial charge on any atom is -0.0893 e. The summed E-state index contributed by atoms with van der Waals surface area (Å²) in [6, 6.07) is 10.9. The third-order valence-electron chi connectivity index (χ3n) is 2.41. The summed E-state index contributed by atoms with van der Waals surface area (Å²) < 4.78 is 0. The summed E-state index contributed by atoms with van der Waals surface area (Å²) in [4.78, 5) is 4.46. The predicted molar refractivity (Wildman–Crippen MR) is 84.9 cm³/mol. The fourth-order valence-corrected chi connectivity index (χ4v) is 3.25. The van der Waals surface area contributed by atoms with Crippen LogP contribution in [0, 0.1) is 0 Å². The molecule has 0 saturated carbocycles. The lowest BCUT2D eigenvalue weighted by Crippen LogP contribution is -1.85. The first-order valence-corrected chi connectivity index (χ1v) is 7.47. The van der Waals surface area contributed by atoms with Gasteiger partial charge in [-0.1, -0.05) is 51.7 Å². The summed E-state index contributed by atoms with van der Waals surface area (Å²) in [6.07, 6.45) is 0. The molecule has 0 aliphatic carbocycles. The van der Waals surface area contributed by atoms with Gasteiger partial charge in [0.05, 0.1) is 16.6 Å². The molecule has 0 amide bonds. The molecule has 7 heteroatoms. The molecule has 0 atom stereocenters. The Kier molecular flexibility index (Phi) is 5.46. The number of hydrogen-bond donors (Lipinski definition) is 0. The second-order valence-electron chi connectivity index (χ2n) is 3.83. The lowest BCUT2D eigenvalue weighted by Gasteiger charge is -2.09. The Morgan fingerprint density at radius 2 is 1.65 bits per heavy atom. The first-order valence-electron chi connectivity index (χ1n) is 5.52. The number of azide groups is 1. The molecule has 2 rings (SSSR count). The minimum absolute atomic E-state index is 0.224. The molecule has 0 aliphatic rings. The summed E-state index contributed by atoms with van der Waals surface area (Å²) >= 11 is 19.8. The van der Waals surface area contributed by atoms with Crippen LogP contribution in [0.15, 0.2) is 51.3 Å². The van der Waals surface area contributed by atoms with E-state index in [9.17, 15) is 0 Å². The van der Waals surface area contributed by atoms with Crippen molar-refractivity contribution in [2.45, 2.75) is 16.3 Å². The molecule has 0 bridgehead atoms. The van der Waals surface area contributed by atoms with Crippen molar-refractivity contribution in [3.05, 3.63) is 67.5 Å². The molecule has 102 valence electrons. The highest BCUT2D eigenvalue weighted by Gasteiger charge is 2.10. The zero-order valence-corrected chi connectivity index (χ0v) is 13.1. The number of benzene rings is 2. The van der Waals surface area contributed by atoms with Gasteiger partial charge in [0.15, 0.2) is 0 Å². The highest BCUT2D eigenvalue weighted by molar-refractivity contribution is 7.99. The van der Waals surface area contributed by atoms with Crippen molar-refractivity contribution in [2.75, 3.05) is 0 Å². The van der Waals surface area contributed by atoms with Gasteiger partial charge in [0.25, 0.3) is 0 Å². The van der Waals surface area contributed by atoms with Gasteiger partial charge in [-0.2, -0.15) is 0 Å². The number of hydrogen-bond acceptors (Lipinski definition) is 2. The summed E-state index contributed by atoms with van der Waals surface area (Å²) in [5.41, 5.74) is 9.09. The Balaban J connectivity index is 2.28. The molecule has 0 fully saturated rings. The Bertz CT molecular complexity index is 644. The SMILES string of the molecule is [N-]=[N+]=NCc1cc(Cl)c(Sc2ccc(Cl)cc2)c(Cl)c1. The van der Waals surface area contributed by atoms with Crippen LogP contribution in [0.1, 0.15) is 5.56 Å².